The number of thiophene rings is 2. The van der Waals surface area contributed by atoms with Crippen molar-refractivity contribution in [3.05, 3.63) is 74.6 Å². The summed E-state index contributed by atoms with van der Waals surface area (Å²) in [6.45, 7) is 0. The number of phenolic OH excluding ortho intramolecular Hbond substituents is 1. The molecule has 1 aliphatic rings. The number of amides is 1. The Kier molecular flexibility index (Phi) is 3.92. The van der Waals surface area contributed by atoms with Crippen molar-refractivity contribution in [3.8, 4) is 5.75 Å². The molecule has 1 amide bonds. The molecule has 1 atom stereocenters. The van der Waals surface area contributed by atoms with Gasteiger partial charge in [0, 0.05) is 6.42 Å². The molecule has 120 valence electrons. The van der Waals surface area contributed by atoms with Crippen LogP contribution < -0.4 is 0 Å². The van der Waals surface area contributed by atoms with Crippen molar-refractivity contribution < 1.29 is 9.90 Å². The lowest BCUT2D eigenvalue weighted by Crippen LogP contribution is -2.26. The molecular formula is C18H14N2O2S2. The van der Waals surface area contributed by atoms with E-state index in [1.165, 1.54) is 11.3 Å². The Morgan fingerprint density at radius 2 is 1.96 bits per heavy atom. The van der Waals surface area contributed by atoms with E-state index in [4.69, 9.17) is 0 Å². The van der Waals surface area contributed by atoms with E-state index in [1.54, 1.807) is 34.5 Å². The van der Waals surface area contributed by atoms with E-state index in [9.17, 15) is 9.90 Å². The normalized spacial score (nSPS) is 17.1. The zero-order valence-electron chi connectivity index (χ0n) is 12.6. The standard InChI is InChI=1S/C18H14N2O2S2/c21-13-5-1-4-12(10-13)15-11-14(16-6-2-8-23-16)19-20(15)18(22)17-7-3-9-24-17/h1-10,15,21H,11H2/t15-/m1/s1. The fourth-order valence-electron chi connectivity index (χ4n) is 2.79. The third-order valence-corrected chi connectivity index (χ3v) is 5.69. The summed E-state index contributed by atoms with van der Waals surface area (Å²) in [5.41, 5.74) is 1.79. The third kappa shape index (κ3) is 2.74. The Morgan fingerprint density at radius 3 is 2.67 bits per heavy atom. The molecule has 0 saturated heterocycles. The van der Waals surface area contributed by atoms with E-state index >= 15 is 0 Å². The summed E-state index contributed by atoms with van der Waals surface area (Å²) in [6.07, 6.45) is 0.640. The van der Waals surface area contributed by atoms with Crippen LogP contribution in [0.2, 0.25) is 0 Å². The molecule has 0 saturated carbocycles. The molecule has 4 nitrogen and oxygen atoms in total. The summed E-state index contributed by atoms with van der Waals surface area (Å²) < 4.78 is 0. The maximum absolute atomic E-state index is 12.9. The maximum atomic E-state index is 12.9. The van der Waals surface area contributed by atoms with Gasteiger partial charge in [0.15, 0.2) is 0 Å². The molecule has 4 rings (SSSR count). The van der Waals surface area contributed by atoms with Crippen LogP contribution in [0.5, 0.6) is 5.75 Å². The minimum absolute atomic E-state index is 0.107. The number of phenols is 1. The molecule has 0 bridgehead atoms. The molecule has 6 heteroatoms. The number of aromatic hydroxyl groups is 1. The zero-order chi connectivity index (χ0) is 16.5. The highest BCUT2D eigenvalue weighted by Crippen LogP contribution is 2.36. The van der Waals surface area contributed by atoms with Crippen LogP contribution in [0, 0.1) is 0 Å². The first kappa shape index (κ1) is 15.1. The lowest BCUT2D eigenvalue weighted by molar-refractivity contribution is 0.0716. The number of benzene rings is 1. The highest BCUT2D eigenvalue weighted by molar-refractivity contribution is 7.12. The molecule has 24 heavy (non-hydrogen) atoms. The van der Waals surface area contributed by atoms with Crippen molar-refractivity contribution in [3.63, 3.8) is 0 Å². The van der Waals surface area contributed by atoms with Gasteiger partial charge in [-0.05, 0) is 40.6 Å². The Morgan fingerprint density at radius 1 is 1.12 bits per heavy atom. The van der Waals surface area contributed by atoms with E-state index in [1.807, 2.05) is 41.1 Å². The van der Waals surface area contributed by atoms with Gasteiger partial charge < -0.3 is 5.11 Å². The quantitative estimate of drug-likeness (QED) is 0.752. The molecule has 1 aliphatic heterocycles. The second-order valence-corrected chi connectivity index (χ2v) is 7.36. The molecular weight excluding hydrogens is 340 g/mol. The van der Waals surface area contributed by atoms with Gasteiger partial charge in [0.1, 0.15) is 5.75 Å². The van der Waals surface area contributed by atoms with Gasteiger partial charge in [-0.25, -0.2) is 5.01 Å². The van der Waals surface area contributed by atoms with Gasteiger partial charge in [-0.1, -0.05) is 24.3 Å². The molecule has 0 spiro atoms. The molecule has 3 heterocycles. The highest BCUT2D eigenvalue weighted by Gasteiger charge is 2.34. The van der Waals surface area contributed by atoms with Crippen LogP contribution in [0.3, 0.4) is 0 Å². The third-order valence-electron chi connectivity index (χ3n) is 3.91. The number of carbonyl (C=O) groups excluding carboxylic acids is 1. The van der Waals surface area contributed by atoms with Crippen LogP contribution in [0.25, 0.3) is 0 Å². The topological polar surface area (TPSA) is 52.9 Å². The van der Waals surface area contributed by atoms with Crippen molar-refractivity contribution in [1.82, 2.24) is 5.01 Å². The van der Waals surface area contributed by atoms with Gasteiger partial charge >= 0.3 is 0 Å². The molecule has 1 N–H and O–H groups in total. The van der Waals surface area contributed by atoms with Crippen molar-refractivity contribution >= 4 is 34.3 Å². The maximum Gasteiger partial charge on any atom is 0.284 e. The molecule has 0 fully saturated rings. The lowest BCUT2D eigenvalue weighted by Gasteiger charge is -2.21. The van der Waals surface area contributed by atoms with E-state index in [-0.39, 0.29) is 17.7 Å². The molecule has 0 radical (unpaired) electrons. The first-order valence-electron chi connectivity index (χ1n) is 7.50. The van der Waals surface area contributed by atoms with Crippen molar-refractivity contribution in [2.24, 2.45) is 5.10 Å². The monoisotopic (exact) mass is 354 g/mol. The van der Waals surface area contributed by atoms with E-state index in [0.29, 0.717) is 11.3 Å². The van der Waals surface area contributed by atoms with Crippen LogP contribution in [-0.2, 0) is 0 Å². The Bertz CT molecular complexity index is 886. The minimum atomic E-state index is -0.205. The van der Waals surface area contributed by atoms with Crippen molar-refractivity contribution in [1.29, 1.82) is 0 Å². The zero-order valence-corrected chi connectivity index (χ0v) is 14.3. The fourth-order valence-corrected chi connectivity index (χ4v) is 4.17. The van der Waals surface area contributed by atoms with Crippen molar-refractivity contribution in [2.45, 2.75) is 12.5 Å². The van der Waals surface area contributed by atoms with Gasteiger partial charge in [-0.3, -0.25) is 4.79 Å². The molecule has 0 unspecified atom stereocenters. The number of nitrogens with zero attached hydrogens (tertiary/aromatic N) is 2. The summed E-state index contributed by atoms with van der Waals surface area (Å²) in [7, 11) is 0. The molecule has 1 aromatic carbocycles. The van der Waals surface area contributed by atoms with Gasteiger partial charge in [0.05, 0.1) is 21.5 Å². The summed E-state index contributed by atoms with van der Waals surface area (Å²) in [5, 5.41) is 19.8. The van der Waals surface area contributed by atoms with E-state index in [2.05, 4.69) is 5.10 Å². The average Bonchev–Trinajstić information content (AvgIpc) is 3.34. The second-order valence-electron chi connectivity index (χ2n) is 5.47. The van der Waals surface area contributed by atoms with E-state index in [0.717, 1.165) is 16.2 Å². The van der Waals surface area contributed by atoms with Crippen LogP contribution in [0.15, 0.2) is 64.4 Å². The number of hydrazone groups is 1. The second kappa shape index (κ2) is 6.22. The number of hydrogen-bond acceptors (Lipinski definition) is 5. The Balaban J connectivity index is 1.73. The summed E-state index contributed by atoms with van der Waals surface area (Å²) >= 11 is 3.03. The fraction of sp³-hybridized carbons (Fsp3) is 0.111. The average molecular weight is 354 g/mol. The largest absolute Gasteiger partial charge is 0.508 e. The van der Waals surface area contributed by atoms with Gasteiger partial charge in [0.25, 0.3) is 5.91 Å². The molecule has 3 aromatic rings. The highest BCUT2D eigenvalue weighted by atomic mass is 32.1. The predicted molar refractivity (Wildman–Crippen MR) is 96.8 cm³/mol. The SMILES string of the molecule is O=C(c1cccs1)N1N=C(c2cccs2)C[C@@H]1c1cccc(O)c1. The smallest absolute Gasteiger partial charge is 0.284 e. The van der Waals surface area contributed by atoms with Crippen LogP contribution in [-0.4, -0.2) is 21.7 Å². The Labute approximate surface area is 147 Å². The van der Waals surface area contributed by atoms with Gasteiger partial charge in [0.2, 0.25) is 0 Å². The molecule has 0 aliphatic carbocycles. The van der Waals surface area contributed by atoms with Crippen molar-refractivity contribution in [2.75, 3.05) is 0 Å². The number of carbonyl (C=O) groups is 1. The van der Waals surface area contributed by atoms with Crippen LogP contribution >= 0.6 is 22.7 Å². The minimum Gasteiger partial charge on any atom is -0.508 e. The predicted octanol–water partition coefficient (Wildman–Crippen LogP) is 4.51. The first-order valence-corrected chi connectivity index (χ1v) is 9.25. The number of hydrogen-bond donors (Lipinski definition) is 1. The Hall–Kier alpha value is -2.44. The first-order chi connectivity index (χ1) is 11.7. The lowest BCUT2D eigenvalue weighted by atomic mass is 10.0. The number of rotatable bonds is 3. The van der Waals surface area contributed by atoms with Crippen LogP contribution in [0.4, 0.5) is 0 Å². The van der Waals surface area contributed by atoms with E-state index < -0.39 is 0 Å². The summed E-state index contributed by atoms with van der Waals surface area (Å²) in [5.74, 6) is 0.0884. The van der Waals surface area contributed by atoms with Crippen LogP contribution in [0.1, 0.15) is 32.6 Å². The van der Waals surface area contributed by atoms with Gasteiger partial charge in [-0.2, -0.15) is 5.10 Å². The molecule has 2 aromatic heterocycles. The summed E-state index contributed by atoms with van der Waals surface area (Å²) in [6, 6.07) is 14.5. The van der Waals surface area contributed by atoms with Gasteiger partial charge in [-0.15, -0.1) is 22.7 Å². The summed E-state index contributed by atoms with van der Waals surface area (Å²) in [4.78, 5) is 14.6.